The Morgan fingerprint density at radius 1 is 0.769 bits per heavy atom. The van der Waals surface area contributed by atoms with Gasteiger partial charge in [-0.05, 0) is 5.46 Å². The van der Waals surface area contributed by atoms with Gasteiger partial charge in [0.15, 0.2) is 17.5 Å². The van der Waals surface area contributed by atoms with E-state index in [0.717, 1.165) is 5.56 Å². The van der Waals surface area contributed by atoms with Crippen molar-refractivity contribution in [3.05, 3.63) is 65.0 Å². The first kappa shape index (κ1) is 22.1. The molecular weight excluding hydrogens is 391 g/mol. The van der Waals surface area contributed by atoms with Crippen LogP contribution in [0.1, 0.15) is 5.56 Å². The molecule has 0 saturated heterocycles. The highest BCUT2D eigenvalue weighted by Gasteiger charge is 2.37. The van der Waals surface area contributed by atoms with Gasteiger partial charge in [0, 0.05) is 5.56 Å². The van der Waals surface area contributed by atoms with Crippen molar-refractivity contribution in [2.45, 2.75) is 5.75 Å². The summed E-state index contributed by atoms with van der Waals surface area (Å²) in [6.45, 7) is -6.30. The minimum Gasteiger partial charge on any atom is -0.445 e. The summed E-state index contributed by atoms with van der Waals surface area (Å²) in [7, 11) is -1.63. The maximum Gasteiger partial charge on any atom is 0.515 e. The molecular formula is C15H13BF8OS. The molecule has 144 valence electrons. The summed E-state index contributed by atoms with van der Waals surface area (Å²) in [6.07, 6.45) is 3.58. The number of rotatable bonds is 3. The maximum atomic E-state index is 12.5. The third-order valence-electron chi connectivity index (χ3n) is 2.93. The predicted molar refractivity (Wildman–Crippen MR) is 85.0 cm³/mol. The zero-order valence-electron chi connectivity index (χ0n) is 13.5. The van der Waals surface area contributed by atoms with Crippen LogP contribution in [0.3, 0.4) is 0 Å². The van der Waals surface area contributed by atoms with Crippen molar-refractivity contribution < 1.29 is 39.1 Å². The molecule has 0 spiro atoms. The predicted octanol–water partition coefficient (Wildman–Crippen LogP) is 4.38. The Balaban J connectivity index is 0.000000273. The minimum atomic E-state index is -6.30. The first-order valence-electron chi connectivity index (χ1n) is 6.92. The van der Waals surface area contributed by atoms with Crippen molar-refractivity contribution >= 4 is 22.4 Å². The minimum absolute atomic E-state index is 0.688. The second kappa shape index (κ2) is 8.19. The first-order chi connectivity index (χ1) is 11.8. The molecule has 0 atom stereocenters. The van der Waals surface area contributed by atoms with Crippen LogP contribution in [-0.2, 0) is 19.9 Å². The fraction of sp³-hybridized carbons (Fsp3) is 0.200. The van der Waals surface area contributed by atoms with E-state index in [4.69, 9.17) is 0 Å². The lowest BCUT2D eigenvalue weighted by molar-refractivity contribution is 0.377. The van der Waals surface area contributed by atoms with Crippen LogP contribution in [0, 0.1) is 29.1 Å². The van der Waals surface area contributed by atoms with Gasteiger partial charge in [0.2, 0.25) is 0 Å². The Morgan fingerprint density at radius 3 is 1.50 bits per heavy atom. The fourth-order valence-electron chi connectivity index (χ4n) is 1.88. The lowest BCUT2D eigenvalue weighted by Crippen LogP contribution is -2.41. The zero-order valence-corrected chi connectivity index (χ0v) is 14.3. The van der Waals surface area contributed by atoms with E-state index in [1.54, 1.807) is 12.5 Å². The van der Waals surface area contributed by atoms with Gasteiger partial charge < -0.3 is 12.9 Å². The van der Waals surface area contributed by atoms with Crippen LogP contribution >= 0.6 is 0 Å². The van der Waals surface area contributed by atoms with Gasteiger partial charge in [0.05, 0.1) is 9.93 Å². The third-order valence-corrected chi connectivity index (χ3v) is 3.96. The fourth-order valence-corrected chi connectivity index (χ4v) is 2.88. The smallest absolute Gasteiger partial charge is 0.445 e. The van der Waals surface area contributed by atoms with Crippen molar-refractivity contribution in [1.82, 2.24) is 0 Å². The molecule has 0 amide bonds. The van der Waals surface area contributed by atoms with Gasteiger partial charge in [-0.25, -0.2) is 22.0 Å². The van der Waals surface area contributed by atoms with Crippen LogP contribution < -0.4 is 5.46 Å². The number of hydrogen-bond donors (Lipinski definition) is 0. The van der Waals surface area contributed by atoms with E-state index in [2.05, 4.69) is 0 Å². The molecule has 0 unspecified atom stereocenters. The summed E-state index contributed by atoms with van der Waals surface area (Å²) in [5.74, 6) is -12.9. The molecule has 0 aliphatic heterocycles. The van der Waals surface area contributed by atoms with E-state index >= 15 is 0 Å². The summed E-state index contributed by atoms with van der Waals surface area (Å²) >= 11 is 0. The van der Waals surface area contributed by atoms with E-state index in [9.17, 15) is 39.1 Å². The van der Waals surface area contributed by atoms with Crippen molar-refractivity contribution in [3.63, 3.8) is 0 Å². The summed E-state index contributed by atoms with van der Waals surface area (Å²) in [4.78, 5) is 0. The Hall–Kier alpha value is -1.91. The largest absolute Gasteiger partial charge is 0.515 e. The molecule has 2 aromatic rings. The molecule has 0 saturated carbocycles. The molecule has 0 aliphatic carbocycles. The highest BCUT2D eigenvalue weighted by atomic mass is 32.2. The summed E-state index contributed by atoms with van der Waals surface area (Å²) in [6, 6.07) is 9.93. The molecule has 0 aromatic heterocycles. The second-order valence-electron chi connectivity index (χ2n) is 5.63. The quantitative estimate of drug-likeness (QED) is 0.244. The van der Waals surface area contributed by atoms with Crippen molar-refractivity contribution in [3.8, 4) is 0 Å². The molecule has 11 heteroatoms. The normalized spacial score (nSPS) is 11.8. The first-order valence-corrected chi connectivity index (χ1v) is 9.47. The summed E-state index contributed by atoms with van der Waals surface area (Å²) < 4.78 is 109. The van der Waals surface area contributed by atoms with Crippen molar-refractivity contribution in [2.75, 3.05) is 12.5 Å². The highest BCUT2D eigenvalue weighted by Crippen LogP contribution is 2.21. The standard InChI is InChI=1S/C9H13OS.C6BF8/c1-11(2,10)8-9-6-4-3-5-7-9;8-2-1(7(13,14)15)3(9)5(11)6(12)4(2)10/h3-7H,8H2,1-2H3;/q+1;-1. The van der Waals surface area contributed by atoms with Gasteiger partial charge in [0.1, 0.15) is 29.9 Å². The number of halogens is 8. The Bertz CT molecular complexity index is 788. The summed E-state index contributed by atoms with van der Waals surface area (Å²) in [5.41, 5.74) is -1.58. The average molecular weight is 404 g/mol. The van der Waals surface area contributed by atoms with E-state index in [1.165, 1.54) is 0 Å². The Labute approximate surface area is 145 Å². The molecule has 1 nitrogen and oxygen atoms in total. The van der Waals surface area contributed by atoms with Gasteiger partial charge in [-0.1, -0.05) is 30.3 Å². The lowest BCUT2D eigenvalue weighted by Gasteiger charge is -2.17. The van der Waals surface area contributed by atoms with Crippen LogP contribution in [0.4, 0.5) is 34.9 Å². The van der Waals surface area contributed by atoms with Gasteiger partial charge >= 0.3 is 6.98 Å². The van der Waals surface area contributed by atoms with Gasteiger partial charge in [-0.2, -0.15) is 0 Å². The van der Waals surface area contributed by atoms with E-state index in [0.29, 0.717) is 5.75 Å². The van der Waals surface area contributed by atoms with Gasteiger partial charge in [0.25, 0.3) is 0 Å². The Morgan fingerprint density at radius 2 is 1.15 bits per heavy atom. The maximum absolute atomic E-state index is 12.5. The van der Waals surface area contributed by atoms with Crippen LogP contribution in [0.2, 0.25) is 0 Å². The number of benzene rings is 2. The van der Waals surface area contributed by atoms with Gasteiger partial charge in [-0.3, -0.25) is 0 Å². The molecule has 0 aliphatic rings. The van der Waals surface area contributed by atoms with E-state index in [-0.39, 0.29) is 0 Å². The molecule has 2 rings (SSSR count). The molecule has 26 heavy (non-hydrogen) atoms. The number of hydrogen-bond acceptors (Lipinski definition) is 1. The third kappa shape index (κ3) is 5.82. The monoisotopic (exact) mass is 404 g/mol. The molecule has 0 fully saturated rings. The lowest BCUT2D eigenvalue weighted by atomic mass is 9.79. The molecule has 0 radical (unpaired) electrons. The Kier molecular flexibility index (Phi) is 6.98. The van der Waals surface area contributed by atoms with Gasteiger partial charge in [-0.15, -0.1) is 4.21 Å². The van der Waals surface area contributed by atoms with Crippen molar-refractivity contribution in [1.29, 1.82) is 0 Å². The van der Waals surface area contributed by atoms with Crippen LogP contribution in [0.25, 0.3) is 0 Å². The second-order valence-corrected chi connectivity index (χ2v) is 8.79. The van der Waals surface area contributed by atoms with Crippen LogP contribution in [0.15, 0.2) is 30.3 Å². The van der Waals surface area contributed by atoms with Crippen molar-refractivity contribution in [2.24, 2.45) is 0 Å². The van der Waals surface area contributed by atoms with E-state index < -0.39 is 51.5 Å². The molecule has 0 heterocycles. The van der Waals surface area contributed by atoms with Crippen LogP contribution in [-0.4, -0.2) is 19.5 Å². The SMILES string of the molecule is C[S+](C)(=O)Cc1ccccc1.Fc1c(F)c(F)c([B-](F)(F)F)c(F)c1F. The molecule has 2 aromatic carbocycles. The molecule has 0 bridgehead atoms. The highest BCUT2D eigenvalue weighted by molar-refractivity contribution is 8.00. The average Bonchev–Trinajstić information content (AvgIpc) is 2.50. The molecule has 0 N–H and O–H groups in total. The van der Waals surface area contributed by atoms with E-state index in [1.807, 2.05) is 30.3 Å². The zero-order chi connectivity index (χ0) is 20.3. The summed E-state index contributed by atoms with van der Waals surface area (Å²) in [5, 5.41) is 0. The topological polar surface area (TPSA) is 17.1 Å². The van der Waals surface area contributed by atoms with Crippen LogP contribution in [0.5, 0.6) is 0 Å².